The molecule has 1 heterocycles. The number of carbonyl (C=O) groups excluding carboxylic acids is 1. The Labute approximate surface area is 97.3 Å². The van der Waals surface area contributed by atoms with E-state index in [1.165, 1.54) is 6.07 Å². The zero-order valence-electron chi connectivity index (χ0n) is 9.12. The van der Waals surface area contributed by atoms with Crippen LogP contribution in [0.25, 0.3) is 0 Å². The van der Waals surface area contributed by atoms with E-state index in [0.29, 0.717) is 43.0 Å². The second-order valence-electron chi connectivity index (χ2n) is 3.70. The molecule has 0 unspecified atom stereocenters. The van der Waals surface area contributed by atoms with Gasteiger partial charge < -0.3 is 14.3 Å². The average Bonchev–Trinajstić information content (AvgIpc) is 2.35. The van der Waals surface area contributed by atoms with Crippen LogP contribution in [0, 0.1) is 0 Å². The summed E-state index contributed by atoms with van der Waals surface area (Å²) in [6.45, 7) is 0.775. The Kier molecular flexibility index (Phi) is 3.56. The maximum Gasteiger partial charge on any atom is 0.264 e. The summed E-state index contributed by atoms with van der Waals surface area (Å²) < 4.78 is 36.2. The van der Waals surface area contributed by atoms with Crippen LogP contribution in [0.15, 0.2) is 12.1 Å². The maximum absolute atomic E-state index is 12.8. The molecule has 2 rings (SSSR count). The number of fused-ring (bicyclic) bond motifs is 1. The van der Waals surface area contributed by atoms with Gasteiger partial charge in [-0.1, -0.05) is 0 Å². The van der Waals surface area contributed by atoms with Crippen LogP contribution >= 0.6 is 0 Å². The highest BCUT2D eigenvalue weighted by Crippen LogP contribution is 2.37. The fraction of sp³-hybridized carbons (Fsp3) is 0.417. The summed E-state index contributed by atoms with van der Waals surface area (Å²) in [6.07, 6.45) is -1.35. The molecule has 0 atom stereocenters. The lowest BCUT2D eigenvalue weighted by Crippen LogP contribution is -2.16. The van der Waals surface area contributed by atoms with E-state index in [1.54, 1.807) is 6.07 Å². The van der Waals surface area contributed by atoms with Crippen molar-refractivity contribution in [2.75, 3.05) is 13.2 Å². The third-order valence-corrected chi connectivity index (χ3v) is 2.57. The molecule has 1 aromatic rings. The lowest BCUT2D eigenvalue weighted by atomic mass is 10.0. The highest BCUT2D eigenvalue weighted by atomic mass is 19.3. The van der Waals surface area contributed by atoms with Crippen LogP contribution in [-0.2, 0) is 11.2 Å². The van der Waals surface area contributed by atoms with Gasteiger partial charge in [0.2, 0.25) is 0 Å². The number of ether oxygens (including phenoxy) is 2. The summed E-state index contributed by atoms with van der Waals surface area (Å²) in [7, 11) is 0. The molecule has 0 spiro atoms. The Morgan fingerprint density at radius 3 is 2.47 bits per heavy atom. The Hall–Kier alpha value is -1.65. The number of aldehydes is 1. The van der Waals surface area contributed by atoms with Gasteiger partial charge in [0.15, 0.2) is 11.5 Å². The summed E-state index contributed by atoms with van der Waals surface area (Å²) in [5.74, 6) is 0.822. The number of alkyl halides is 2. The molecule has 5 heteroatoms. The van der Waals surface area contributed by atoms with E-state index < -0.39 is 6.43 Å². The molecule has 0 aliphatic carbocycles. The van der Waals surface area contributed by atoms with Crippen LogP contribution in [0.3, 0.4) is 0 Å². The van der Waals surface area contributed by atoms with Gasteiger partial charge in [0, 0.05) is 12.0 Å². The fourth-order valence-electron chi connectivity index (χ4n) is 1.78. The van der Waals surface area contributed by atoms with Crippen molar-refractivity contribution in [3.8, 4) is 11.5 Å². The number of hydrogen-bond acceptors (Lipinski definition) is 3. The summed E-state index contributed by atoms with van der Waals surface area (Å²) in [4.78, 5) is 10.3. The number of rotatable bonds is 4. The van der Waals surface area contributed by atoms with E-state index in [1.807, 2.05) is 0 Å². The zero-order chi connectivity index (χ0) is 12.3. The van der Waals surface area contributed by atoms with E-state index in [4.69, 9.17) is 9.47 Å². The molecule has 0 saturated carbocycles. The minimum absolute atomic E-state index is 0.0869. The van der Waals surface area contributed by atoms with Crippen LogP contribution in [-0.4, -0.2) is 19.5 Å². The third-order valence-electron chi connectivity index (χ3n) is 2.57. The van der Waals surface area contributed by atoms with Gasteiger partial charge in [0.05, 0.1) is 0 Å². The molecule has 0 N–H and O–H groups in total. The molecule has 92 valence electrons. The molecule has 0 radical (unpaired) electrons. The van der Waals surface area contributed by atoms with E-state index in [-0.39, 0.29) is 12.0 Å². The highest BCUT2D eigenvalue weighted by molar-refractivity contribution is 5.53. The van der Waals surface area contributed by atoms with Gasteiger partial charge in [0.25, 0.3) is 6.43 Å². The predicted molar refractivity (Wildman–Crippen MR) is 56.8 cm³/mol. The van der Waals surface area contributed by atoms with Gasteiger partial charge in [-0.15, -0.1) is 0 Å². The first-order valence-electron chi connectivity index (χ1n) is 5.36. The molecule has 0 fully saturated rings. The zero-order valence-corrected chi connectivity index (χ0v) is 9.12. The SMILES string of the molecule is O=CCCc1cc2c(cc1C(F)F)OCCO2. The Bertz CT molecular complexity index is 418. The Morgan fingerprint density at radius 1 is 1.24 bits per heavy atom. The monoisotopic (exact) mass is 242 g/mol. The predicted octanol–water partition coefficient (Wildman–Crippen LogP) is 2.53. The van der Waals surface area contributed by atoms with Gasteiger partial charge in [-0.2, -0.15) is 0 Å². The second kappa shape index (κ2) is 5.12. The first-order chi connectivity index (χ1) is 8.22. The van der Waals surface area contributed by atoms with Crippen molar-refractivity contribution in [3.05, 3.63) is 23.3 Å². The number of aryl methyl sites for hydroxylation is 1. The quantitative estimate of drug-likeness (QED) is 0.761. The molecule has 17 heavy (non-hydrogen) atoms. The topological polar surface area (TPSA) is 35.5 Å². The van der Waals surface area contributed by atoms with E-state index in [2.05, 4.69) is 0 Å². The second-order valence-corrected chi connectivity index (χ2v) is 3.70. The highest BCUT2D eigenvalue weighted by Gasteiger charge is 2.20. The van der Waals surface area contributed by atoms with Gasteiger partial charge in [-0.3, -0.25) is 0 Å². The molecule has 0 amide bonds. The van der Waals surface area contributed by atoms with Crippen LogP contribution in [0.4, 0.5) is 8.78 Å². The molecule has 0 aromatic heterocycles. The lowest BCUT2D eigenvalue weighted by molar-refractivity contribution is -0.107. The minimum atomic E-state index is -2.58. The van der Waals surface area contributed by atoms with Gasteiger partial charge >= 0.3 is 0 Å². The molecule has 1 aliphatic heterocycles. The summed E-state index contributed by atoms with van der Waals surface area (Å²) in [6, 6.07) is 2.85. The third kappa shape index (κ3) is 2.54. The van der Waals surface area contributed by atoms with Crippen molar-refractivity contribution in [2.45, 2.75) is 19.3 Å². The van der Waals surface area contributed by atoms with Crippen LogP contribution < -0.4 is 9.47 Å². The summed E-state index contributed by atoms with van der Waals surface area (Å²) >= 11 is 0. The number of benzene rings is 1. The van der Waals surface area contributed by atoms with Crippen molar-refractivity contribution >= 4 is 6.29 Å². The standard InChI is InChI=1S/C12H12F2O3/c13-12(14)9-7-11-10(16-4-5-17-11)6-8(9)2-1-3-15/h3,6-7,12H,1-2,4-5H2. The smallest absolute Gasteiger partial charge is 0.264 e. The Balaban J connectivity index is 2.36. The molecule has 0 bridgehead atoms. The molecular weight excluding hydrogens is 230 g/mol. The number of carbonyl (C=O) groups is 1. The molecule has 3 nitrogen and oxygen atoms in total. The number of hydrogen-bond donors (Lipinski definition) is 0. The van der Waals surface area contributed by atoms with Crippen molar-refractivity contribution in [2.24, 2.45) is 0 Å². The normalized spacial score (nSPS) is 13.8. The summed E-state index contributed by atoms with van der Waals surface area (Å²) in [5.41, 5.74) is 0.354. The first-order valence-corrected chi connectivity index (χ1v) is 5.36. The summed E-state index contributed by atoms with van der Waals surface area (Å²) in [5, 5.41) is 0. The lowest BCUT2D eigenvalue weighted by Gasteiger charge is -2.20. The van der Waals surface area contributed by atoms with E-state index in [9.17, 15) is 13.6 Å². The average molecular weight is 242 g/mol. The van der Waals surface area contributed by atoms with Gasteiger partial charge in [-0.25, -0.2) is 8.78 Å². The van der Waals surface area contributed by atoms with Crippen LogP contribution in [0.5, 0.6) is 11.5 Å². The van der Waals surface area contributed by atoms with Gasteiger partial charge in [-0.05, 0) is 24.1 Å². The molecule has 1 aromatic carbocycles. The number of halogens is 2. The van der Waals surface area contributed by atoms with Gasteiger partial charge in [0.1, 0.15) is 19.5 Å². The maximum atomic E-state index is 12.8. The Morgan fingerprint density at radius 2 is 1.88 bits per heavy atom. The largest absolute Gasteiger partial charge is 0.486 e. The van der Waals surface area contributed by atoms with Crippen molar-refractivity contribution in [1.29, 1.82) is 0 Å². The van der Waals surface area contributed by atoms with Crippen molar-refractivity contribution in [3.63, 3.8) is 0 Å². The van der Waals surface area contributed by atoms with Crippen molar-refractivity contribution < 1.29 is 23.0 Å². The van der Waals surface area contributed by atoms with Crippen LogP contribution in [0.2, 0.25) is 0 Å². The van der Waals surface area contributed by atoms with Crippen LogP contribution in [0.1, 0.15) is 24.0 Å². The van der Waals surface area contributed by atoms with Crippen molar-refractivity contribution in [1.82, 2.24) is 0 Å². The molecule has 1 aliphatic rings. The van der Waals surface area contributed by atoms with E-state index >= 15 is 0 Å². The fourth-order valence-corrected chi connectivity index (χ4v) is 1.78. The minimum Gasteiger partial charge on any atom is -0.486 e. The molecule has 0 saturated heterocycles. The van der Waals surface area contributed by atoms with E-state index in [0.717, 1.165) is 0 Å². The molecular formula is C12H12F2O3. The first kappa shape index (κ1) is 11.8.